The molecule has 2 amide bonds. The van der Waals surface area contributed by atoms with Gasteiger partial charge in [-0.3, -0.25) is 9.59 Å². The van der Waals surface area contributed by atoms with Crippen molar-refractivity contribution in [3.05, 3.63) is 59.7 Å². The number of carbonyl (C=O) groups excluding carboxylic acids is 2. The van der Waals surface area contributed by atoms with Crippen molar-refractivity contribution in [2.75, 3.05) is 19.7 Å². The second kappa shape index (κ2) is 10.9. The van der Waals surface area contributed by atoms with Crippen molar-refractivity contribution in [2.24, 2.45) is 10.8 Å². The van der Waals surface area contributed by atoms with Crippen LogP contribution in [0.1, 0.15) is 64.0 Å². The predicted octanol–water partition coefficient (Wildman–Crippen LogP) is 4.95. The lowest BCUT2D eigenvalue weighted by molar-refractivity contribution is -0.146. The van der Waals surface area contributed by atoms with Gasteiger partial charge in [-0.25, -0.2) is 4.79 Å². The normalized spacial score (nSPS) is 13.0. The van der Waals surface area contributed by atoms with E-state index in [1.54, 1.807) is 13.8 Å². The Morgan fingerprint density at radius 1 is 0.886 bits per heavy atom. The van der Waals surface area contributed by atoms with Gasteiger partial charge in [-0.15, -0.1) is 0 Å². The van der Waals surface area contributed by atoms with Crippen LogP contribution < -0.4 is 10.6 Å². The van der Waals surface area contributed by atoms with Crippen LogP contribution in [0, 0.1) is 10.8 Å². The maximum Gasteiger partial charge on any atom is 0.407 e. The number of hydrogen-bond acceptors (Lipinski definition) is 4. The number of carboxylic acids is 1. The van der Waals surface area contributed by atoms with Crippen LogP contribution in [0.5, 0.6) is 0 Å². The van der Waals surface area contributed by atoms with Gasteiger partial charge in [0, 0.05) is 25.4 Å². The van der Waals surface area contributed by atoms with Crippen molar-refractivity contribution in [1.82, 2.24) is 10.6 Å². The number of carboxylic acid groups (broad SMARTS) is 1. The van der Waals surface area contributed by atoms with E-state index in [2.05, 4.69) is 34.9 Å². The third-order valence-corrected chi connectivity index (χ3v) is 6.75. The molecule has 0 spiro atoms. The molecule has 0 atom stereocenters. The number of nitrogens with one attached hydrogen (secondary N) is 2. The Bertz CT molecular complexity index is 1030. The number of alkyl carbamates (subject to hydrolysis) is 1. The number of carbonyl (C=O) groups is 3. The lowest BCUT2D eigenvalue weighted by Crippen LogP contribution is -2.39. The fourth-order valence-electron chi connectivity index (χ4n) is 4.21. The molecule has 0 aliphatic heterocycles. The molecule has 0 aromatic heterocycles. The number of hydrogen-bond donors (Lipinski definition) is 3. The standard InChI is InChI=1S/C28H36N2O5/c1-27(2,14-13-24(31)30-18-28(3,4)25(32)33)15-16-29-26(34)35-17-23-21-11-7-5-9-19(21)20-10-6-8-12-22(20)23/h5-12,23H,13-18H2,1-4H3,(H,29,34)(H,30,31)(H,32,33). The summed E-state index contributed by atoms with van der Waals surface area (Å²) < 4.78 is 5.57. The SMILES string of the molecule is CC(C)(CCNC(=O)OCC1c2ccccc2-c2ccccc21)CCC(=O)NCC(C)(C)C(=O)O. The molecule has 0 saturated heterocycles. The summed E-state index contributed by atoms with van der Waals surface area (Å²) in [6.45, 7) is 8.04. The summed E-state index contributed by atoms with van der Waals surface area (Å²) >= 11 is 0. The minimum absolute atomic E-state index is 0.0224. The second-order valence-corrected chi connectivity index (χ2v) is 10.6. The minimum atomic E-state index is -1.00. The molecule has 0 bridgehead atoms. The zero-order valence-corrected chi connectivity index (χ0v) is 21.0. The van der Waals surface area contributed by atoms with Crippen molar-refractivity contribution in [3.8, 4) is 11.1 Å². The van der Waals surface area contributed by atoms with Crippen molar-refractivity contribution in [1.29, 1.82) is 0 Å². The molecule has 2 aromatic rings. The van der Waals surface area contributed by atoms with Crippen LogP contribution in [-0.4, -0.2) is 42.8 Å². The van der Waals surface area contributed by atoms with Gasteiger partial charge in [-0.1, -0.05) is 62.4 Å². The number of benzene rings is 2. The van der Waals surface area contributed by atoms with Crippen molar-refractivity contribution in [3.63, 3.8) is 0 Å². The summed E-state index contributed by atoms with van der Waals surface area (Å²) in [5.74, 6) is -1.09. The van der Waals surface area contributed by atoms with Crippen LogP contribution in [0.3, 0.4) is 0 Å². The molecule has 1 aliphatic rings. The van der Waals surface area contributed by atoms with E-state index in [1.807, 2.05) is 38.1 Å². The lowest BCUT2D eigenvalue weighted by atomic mass is 9.84. The van der Waals surface area contributed by atoms with E-state index in [1.165, 1.54) is 22.3 Å². The first-order valence-corrected chi connectivity index (χ1v) is 12.1. The summed E-state index contributed by atoms with van der Waals surface area (Å²) in [6.07, 6.45) is 1.16. The maximum absolute atomic E-state index is 12.4. The molecule has 35 heavy (non-hydrogen) atoms. The molecule has 0 unspecified atom stereocenters. The van der Waals surface area contributed by atoms with Crippen LogP contribution in [-0.2, 0) is 14.3 Å². The van der Waals surface area contributed by atoms with E-state index in [-0.39, 0.29) is 30.4 Å². The minimum Gasteiger partial charge on any atom is -0.481 e. The number of fused-ring (bicyclic) bond motifs is 3. The molecular weight excluding hydrogens is 444 g/mol. The Kier molecular flexibility index (Phi) is 8.20. The predicted molar refractivity (Wildman–Crippen MR) is 135 cm³/mol. The molecule has 3 rings (SSSR count). The lowest BCUT2D eigenvalue weighted by Gasteiger charge is -2.25. The third-order valence-electron chi connectivity index (χ3n) is 6.75. The van der Waals surface area contributed by atoms with Crippen LogP contribution in [0.2, 0.25) is 0 Å². The monoisotopic (exact) mass is 480 g/mol. The highest BCUT2D eigenvalue weighted by Gasteiger charge is 2.30. The number of rotatable bonds is 11. The Labute approximate surface area is 207 Å². The first-order chi connectivity index (χ1) is 16.5. The molecular formula is C28H36N2O5. The maximum atomic E-state index is 12.4. The van der Waals surface area contributed by atoms with Crippen molar-refractivity contribution >= 4 is 18.0 Å². The highest BCUT2D eigenvalue weighted by atomic mass is 16.5. The molecule has 1 aliphatic carbocycles. The Morgan fingerprint density at radius 2 is 1.46 bits per heavy atom. The van der Waals surface area contributed by atoms with E-state index >= 15 is 0 Å². The van der Waals surface area contributed by atoms with Gasteiger partial charge >= 0.3 is 12.1 Å². The van der Waals surface area contributed by atoms with E-state index in [0.29, 0.717) is 25.8 Å². The Balaban J connectivity index is 1.40. The van der Waals surface area contributed by atoms with Crippen molar-refractivity contribution in [2.45, 2.75) is 52.9 Å². The summed E-state index contributed by atoms with van der Waals surface area (Å²) in [5.41, 5.74) is 3.55. The summed E-state index contributed by atoms with van der Waals surface area (Å²) in [4.78, 5) is 35.7. The number of amides is 2. The van der Waals surface area contributed by atoms with E-state index in [4.69, 9.17) is 9.84 Å². The molecule has 0 saturated carbocycles. The van der Waals surface area contributed by atoms with Gasteiger partial charge in [0.15, 0.2) is 0 Å². The molecule has 7 nitrogen and oxygen atoms in total. The van der Waals surface area contributed by atoms with Crippen LogP contribution in [0.15, 0.2) is 48.5 Å². The highest BCUT2D eigenvalue weighted by Crippen LogP contribution is 2.44. The van der Waals surface area contributed by atoms with Gasteiger partial charge in [0.2, 0.25) is 5.91 Å². The van der Waals surface area contributed by atoms with E-state index < -0.39 is 17.5 Å². The fraction of sp³-hybridized carbons (Fsp3) is 0.464. The van der Waals surface area contributed by atoms with Gasteiger partial charge in [-0.05, 0) is 54.4 Å². The average Bonchev–Trinajstić information content (AvgIpc) is 3.14. The zero-order valence-electron chi connectivity index (χ0n) is 21.0. The Morgan fingerprint density at radius 3 is 2.03 bits per heavy atom. The molecule has 2 aromatic carbocycles. The van der Waals surface area contributed by atoms with Crippen LogP contribution in [0.4, 0.5) is 4.79 Å². The molecule has 0 fully saturated rings. The van der Waals surface area contributed by atoms with E-state index in [0.717, 1.165) is 0 Å². The van der Waals surface area contributed by atoms with Gasteiger partial charge in [0.05, 0.1) is 5.41 Å². The first kappa shape index (κ1) is 26.3. The quantitative estimate of drug-likeness (QED) is 0.422. The summed E-state index contributed by atoms with van der Waals surface area (Å²) in [7, 11) is 0. The molecule has 3 N–H and O–H groups in total. The Hall–Kier alpha value is -3.35. The molecule has 7 heteroatoms. The van der Waals surface area contributed by atoms with Crippen molar-refractivity contribution < 1.29 is 24.2 Å². The largest absolute Gasteiger partial charge is 0.481 e. The molecule has 188 valence electrons. The van der Waals surface area contributed by atoms with Gasteiger partial charge in [-0.2, -0.15) is 0 Å². The highest BCUT2D eigenvalue weighted by molar-refractivity contribution is 5.79. The number of ether oxygens (including phenoxy) is 1. The zero-order chi connectivity index (χ0) is 25.6. The summed E-state index contributed by atoms with van der Waals surface area (Å²) in [5, 5.41) is 14.7. The smallest absolute Gasteiger partial charge is 0.407 e. The third kappa shape index (κ3) is 6.84. The van der Waals surface area contributed by atoms with Crippen LogP contribution in [0.25, 0.3) is 11.1 Å². The molecule has 0 radical (unpaired) electrons. The first-order valence-electron chi connectivity index (χ1n) is 12.1. The van der Waals surface area contributed by atoms with Crippen LogP contribution >= 0.6 is 0 Å². The van der Waals surface area contributed by atoms with Gasteiger partial charge in [0.25, 0.3) is 0 Å². The van der Waals surface area contributed by atoms with E-state index in [9.17, 15) is 14.4 Å². The average molecular weight is 481 g/mol. The number of aliphatic carboxylic acids is 1. The fourth-order valence-corrected chi connectivity index (χ4v) is 4.21. The topological polar surface area (TPSA) is 105 Å². The second-order valence-electron chi connectivity index (χ2n) is 10.6. The summed E-state index contributed by atoms with van der Waals surface area (Å²) in [6, 6.07) is 16.4. The molecule has 0 heterocycles. The van der Waals surface area contributed by atoms with Gasteiger partial charge < -0.3 is 20.5 Å². The van der Waals surface area contributed by atoms with Gasteiger partial charge in [0.1, 0.15) is 6.61 Å².